The fourth-order valence-corrected chi connectivity index (χ4v) is 0.891. The smallest absolute Gasteiger partial charge is 0.319 e. The van der Waals surface area contributed by atoms with E-state index in [0.717, 1.165) is 0 Å². The molecule has 0 aromatic carbocycles. The van der Waals surface area contributed by atoms with Crippen molar-refractivity contribution in [2.45, 2.75) is 13.0 Å². The molecule has 1 N–H and O–H groups in total. The lowest BCUT2D eigenvalue weighted by Crippen LogP contribution is -2.45. The maximum atomic E-state index is 11.4. The van der Waals surface area contributed by atoms with E-state index in [1.54, 1.807) is 18.9 Å². The minimum absolute atomic E-state index is 0.0706. The molecule has 0 fully saturated rings. The van der Waals surface area contributed by atoms with Gasteiger partial charge in [-0.2, -0.15) is 0 Å². The molecule has 0 aromatic heterocycles. The highest BCUT2D eigenvalue weighted by molar-refractivity contribution is 5.82. The quantitative estimate of drug-likeness (QED) is 0.480. The molecule has 0 bridgehead atoms. The Hall–Kier alpha value is -1.54. The standard InChI is InChI=1S/C10H16N2O3/c1-5-6-11-10(14)8(2)12(3)7-9(13)15-4/h1,8H,6-7H2,2-4H3,(H,11,14). The lowest BCUT2D eigenvalue weighted by Gasteiger charge is -2.21. The van der Waals surface area contributed by atoms with Crippen LogP contribution >= 0.6 is 0 Å². The molecule has 1 amide bonds. The number of carbonyl (C=O) groups is 2. The molecule has 1 unspecified atom stereocenters. The minimum Gasteiger partial charge on any atom is -0.468 e. The fraction of sp³-hybridized carbons (Fsp3) is 0.600. The molecular weight excluding hydrogens is 196 g/mol. The van der Waals surface area contributed by atoms with Crippen molar-refractivity contribution >= 4 is 11.9 Å². The average molecular weight is 212 g/mol. The number of likely N-dealkylation sites (N-methyl/N-ethyl adjacent to an activating group) is 1. The number of esters is 1. The van der Waals surface area contributed by atoms with Crippen molar-refractivity contribution in [3.63, 3.8) is 0 Å². The number of carbonyl (C=O) groups excluding carboxylic acids is 2. The van der Waals surface area contributed by atoms with Crippen molar-refractivity contribution in [3.8, 4) is 12.3 Å². The Bertz CT molecular complexity index is 270. The van der Waals surface area contributed by atoms with Gasteiger partial charge in [0.15, 0.2) is 0 Å². The van der Waals surface area contributed by atoms with Crippen LogP contribution in [-0.4, -0.2) is 50.1 Å². The molecule has 0 rings (SSSR count). The second kappa shape index (κ2) is 6.85. The zero-order valence-corrected chi connectivity index (χ0v) is 9.24. The summed E-state index contributed by atoms with van der Waals surface area (Å²) in [6.45, 7) is 1.95. The third-order valence-corrected chi connectivity index (χ3v) is 2.01. The number of hydrogen-bond donors (Lipinski definition) is 1. The lowest BCUT2D eigenvalue weighted by molar-refractivity contribution is -0.142. The summed E-state index contributed by atoms with van der Waals surface area (Å²) in [5.74, 6) is 1.71. The predicted molar refractivity (Wildman–Crippen MR) is 56.0 cm³/mol. The van der Waals surface area contributed by atoms with Gasteiger partial charge in [0, 0.05) is 0 Å². The molecule has 0 aromatic rings. The molecule has 0 saturated heterocycles. The maximum Gasteiger partial charge on any atom is 0.319 e. The molecule has 5 nitrogen and oxygen atoms in total. The van der Waals surface area contributed by atoms with Crippen molar-refractivity contribution in [3.05, 3.63) is 0 Å². The zero-order chi connectivity index (χ0) is 11.8. The van der Waals surface area contributed by atoms with Crippen molar-refractivity contribution < 1.29 is 14.3 Å². The highest BCUT2D eigenvalue weighted by Crippen LogP contribution is 1.95. The topological polar surface area (TPSA) is 58.6 Å². The Balaban J connectivity index is 4.08. The molecular formula is C10H16N2O3. The summed E-state index contributed by atoms with van der Waals surface area (Å²) in [6, 6.07) is -0.419. The van der Waals surface area contributed by atoms with Gasteiger partial charge in [0.2, 0.25) is 5.91 Å². The first-order chi connectivity index (χ1) is 7.02. The number of hydrogen-bond acceptors (Lipinski definition) is 4. The van der Waals surface area contributed by atoms with Crippen LogP contribution in [0.15, 0.2) is 0 Å². The van der Waals surface area contributed by atoms with Gasteiger partial charge in [-0.3, -0.25) is 14.5 Å². The molecule has 0 heterocycles. The van der Waals surface area contributed by atoms with Crippen LogP contribution in [0.25, 0.3) is 0 Å². The minimum atomic E-state index is -0.419. The van der Waals surface area contributed by atoms with Gasteiger partial charge in [-0.1, -0.05) is 5.92 Å². The monoisotopic (exact) mass is 212 g/mol. The highest BCUT2D eigenvalue weighted by atomic mass is 16.5. The molecule has 84 valence electrons. The van der Waals surface area contributed by atoms with Gasteiger partial charge in [-0.05, 0) is 14.0 Å². The first-order valence-corrected chi connectivity index (χ1v) is 4.51. The number of methoxy groups -OCH3 is 1. The number of nitrogens with zero attached hydrogens (tertiary/aromatic N) is 1. The summed E-state index contributed by atoms with van der Waals surface area (Å²) in [5.41, 5.74) is 0. The second-order valence-electron chi connectivity index (χ2n) is 3.09. The zero-order valence-electron chi connectivity index (χ0n) is 9.24. The molecule has 0 radical (unpaired) electrons. The van der Waals surface area contributed by atoms with Crippen molar-refractivity contribution in [2.24, 2.45) is 0 Å². The average Bonchev–Trinajstić information content (AvgIpc) is 2.24. The number of ether oxygens (including phenoxy) is 1. The van der Waals surface area contributed by atoms with Gasteiger partial charge in [0.25, 0.3) is 0 Å². The summed E-state index contributed by atoms with van der Waals surface area (Å²) in [7, 11) is 2.97. The van der Waals surface area contributed by atoms with E-state index in [1.807, 2.05) is 0 Å². The van der Waals surface area contributed by atoms with E-state index in [2.05, 4.69) is 16.0 Å². The molecule has 0 aliphatic carbocycles. The summed E-state index contributed by atoms with van der Waals surface area (Å²) in [4.78, 5) is 23.9. The van der Waals surface area contributed by atoms with E-state index in [0.29, 0.717) is 0 Å². The van der Waals surface area contributed by atoms with E-state index in [9.17, 15) is 9.59 Å². The van der Waals surface area contributed by atoms with Gasteiger partial charge in [-0.15, -0.1) is 6.42 Å². The largest absolute Gasteiger partial charge is 0.468 e. The van der Waals surface area contributed by atoms with E-state index < -0.39 is 6.04 Å². The van der Waals surface area contributed by atoms with E-state index in [4.69, 9.17) is 6.42 Å². The van der Waals surface area contributed by atoms with Crippen LogP contribution in [0.3, 0.4) is 0 Å². The molecule has 0 spiro atoms. The van der Waals surface area contributed by atoms with Crippen molar-refractivity contribution in [1.82, 2.24) is 10.2 Å². The Labute approximate surface area is 89.8 Å². The summed E-state index contributed by atoms with van der Waals surface area (Å²) < 4.78 is 4.49. The van der Waals surface area contributed by atoms with E-state index >= 15 is 0 Å². The van der Waals surface area contributed by atoms with Crippen LogP contribution in [0.1, 0.15) is 6.92 Å². The third-order valence-electron chi connectivity index (χ3n) is 2.01. The highest BCUT2D eigenvalue weighted by Gasteiger charge is 2.19. The van der Waals surface area contributed by atoms with Gasteiger partial charge < -0.3 is 10.1 Å². The van der Waals surface area contributed by atoms with Crippen LogP contribution in [0, 0.1) is 12.3 Å². The van der Waals surface area contributed by atoms with Crippen molar-refractivity contribution in [2.75, 3.05) is 27.2 Å². The van der Waals surface area contributed by atoms with Gasteiger partial charge in [-0.25, -0.2) is 0 Å². The van der Waals surface area contributed by atoms with Gasteiger partial charge >= 0.3 is 5.97 Å². The Morgan fingerprint density at radius 3 is 2.67 bits per heavy atom. The molecule has 0 aliphatic rings. The first kappa shape index (κ1) is 13.5. The number of amides is 1. The number of rotatable bonds is 5. The summed E-state index contributed by atoms with van der Waals surface area (Å²) in [6.07, 6.45) is 5.00. The third kappa shape index (κ3) is 5.03. The molecule has 0 saturated carbocycles. The van der Waals surface area contributed by atoms with Gasteiger partial charge in [0.1, 0.15) is 0 Å². The lowest BCUT2D eigenvalue weighted by atomic mass is 10.3. The first-order valence-electron chi connectivity index (χ1n) is 4.51. The van der Waals surface area contributed by atoms with Crippen molar-refractivity contribution in [1.29, 1.82) is 0 Å². The second-order valence-corrected chi connectivity index (χ2v) is 3.09. The Kier molecular flexibility index (Phi) is 6.14. The van der Waals surface area contributed by atoms with Crippen LogP contribution in [0.4, 0.5) is 0 Å². The van der Waals surface area contributed by atoms with Crippen LogP contribution in [-0.2, 0) is 14.3 Å². The summed E-state index contributed by atoms with van der Waals surface area (Å²) in [5, 5.41) is 2.54. The SMILES string of the molecule is C#CCNC(=O)C(C)N(C)CC(=O)OC. The molecule has 0 aliphatic heterocycles. The molecule has 15 heavy (non-hydrogen) atoms. The predicted octanol–water partition coefficient (Wildman–Crippen LogP) is -0.771. The fourth-order valence-electron chi connectivity index (χ4n) is 0.891. The number of nitrogens with one attached hydrogen (secondary N) is 1. The molecule has 5 heteroatoms. The summed E-state index contributed by atoms with van der Waals surface area (Å²) >= 11 is 0. The van der Waals surface area contributed by atoms with Crippen LogP contribution in [0.5, 0.6) is 0 Å². The molecule has 1 atom stereocenters. The van der Waals surface area contributed by atoms with Crippen LogP contribution in [0.2, 0.25) is 0 Å². The Morgan fingerprint density at radius 1 is 1.60 bits per heavy atom. The van der Waals surface area contributed by atoms with Gasteiger partial charge in [0.05, 0.1) is 26.2 Å². The van der Waals surface area contributed by atoms with E-state index in [1.165, 1.54) is 7.11 Å². The number of terminal acetylenes is 1. The van der Waals surface area contributed by atoms with Crippen LogP contribution < -0.4 is 5.32 Å². The van der Waals surface area contributed by atoms with E-state index in [-0.39, 0.29) is 25.0 Å². The Morgan fingerprint density at radius 2 is 2.20 bits per heavy atom. The maximum absolute atomic E-state index is 11.4. The normalized spacial score (nSPS) is 11.7.